The van der Waals surface area contributed by atoms with Crippen molar-refractivity contribution in [1.29, 1.82) is 0 Å². The summed E-state index contributed by atoms with van der Waals surface area (Å²) in [5, 5.41) is 1.89. The number of carbonyl (C=O) groups is 1. The molecule has 0 aliphatic heterocycles. The number of ether oxygens (including phenoxy) is 1. The van der Waals surface area contributed by atoms with E-state index in [1.54, 1.807) is 4.40 Å². The van der Waals surface area contributed by atoms with E-state index >= 15 is 0 Å². The van der Waals surface area contributed by atoms with Gasteiger partial charge < -0.3 is 4.74 Å². The number of aromatic nitrogens is 2. The molecule has 3 aromatic heterocycles. The topological polar surface area (TPSA) is 60.7 Å². The van der Waals surface area contributed by atoms with Crippen LogP contribution in [0, 0.1) is 12.8 Å². The molecule has 3 aromatic rings. The molecule has 5 nitrogen and oxygen atoms in total. The van der Waals surface area contributed by atoms with Crippen molar-refractivity contribution in [2.24, 2.45) is 5.92 Å². The smallest absolute Gasteiger partial charge is 0.348 e. The van der Waals surface area contributed by atoms with Crippen LogP contribution in [0.15, 0.2) is 22.3 Å². The maximum atomic E-state index is 12.3. The summed E-state index contributed by atoms with van der Waals surface area (Å²) in [4.78, 5) is 31.5. The number of thiazole rings is 1. The summed E-state index contributed by atoms with van der Waals surface area (Å²) in [6.45, 7) is 4.12. The average molecular weight is 374 g/mol. The summed E-state index contributed by atoms with van der Waals surface area (Å²) in [7, 11) is 0. The summed E-state index contributed by atoms with van der Waals surface area (Å²) in [6, 6.07) is 3.40. The van der Waals surface area contributed by atoms with Crippen LogP contribution in [0.2, 0.25) is 0 Å². The van der Waals surface area contributed by atoms with E-state index in [0.717, 1.165) is 18.5 Å². The number of carbonyl (C=O) groups excluding carboxylic acids is 1. The van der Waals surface area contributed by atoms with Crippen LogP contribution in [0.5, 0.6) is 0 Å². The van der Waals surface area contributed by atoms with Crippen molar-refractivity contribution < 1.29 is 9.53 Å². The van der Waals surface area contributed by atoms with Gasteiger partial charge >= 0.3 is 5.97 Å². The summed E-state index contributed by atoms with van der Waals surface area (Å²) in [5.74, 6) is 0.334. The van der Waals surface area contributed by atoms with Gasteiger partial charge in [-0.2, -0.15) is 0 Å². The fourth-order valence-corrected chi connectivity index (χ4v) is 5.18. The quantitative estimate of drug-likeness (QED) is 0.657. The third-order valence-electron chi connectivity index (χ3n) is 4.51. The molecule has 25 heavy (non-hydrogen) atoms. The second kappa shape index (κ2) is 6.38. The van der Waals surface area contributed by atoms with Crippen LogP contribution in [0.1, 0.15) is 44.8 Å². The lowest BCUT2D eigenvalue weighted by atomic mass is 9.90. The average Bonchev–Trinajstić information content (AvgIpc) is 3.16. The molecule has 4 rings (SSSR count). The molecular formula is C18H18N2O3S2. The third kappa shape index (κ3) is 3.14. The zero-order valence-electron chi connectivity index (χ0n) is 14.1. The van der Waals surface area contributed by atoms with Crippen molar-refractivity contribution in [2.75, 3.05) is 0 Å². The lowest BCUT2D eigenvalue weighted by Crippen LogP contribution is -2.16. The highest BCUT2D eigenvalue weighted by molar-refractivity contribution is 7.15. The molecule has 0 N–H and O–H groups in total. The van der Waals surface area contributed by atoms with E-state index in [1.807, 2.05) is 18.4 Å². The van der Waals surface area contributed by atoms with Gasteiger partial charge in [0.05, 0.1) is 5.69 Å². The Kier molecular flexibility index (Phi) is 4.21. The molecule has 0 fully saturated rings. The maximum Gasteiger partial charge on any atom is 0.348 e. The van der Waals surface area contributed by atoms with E-state index in [1.165, 1.54) is 45.6 Å². The largest absolute Gasteiger partial charge is 0.455 e. The van der Waals surface area contributed by atoms with Crippen LogP contribution in [0.3, 0.4) is 0 Å². The molecule has 1 atom stereocenters. The van der Waals surface area contributed by atoms with E-state index in [4.69, 9.17) is 4.74 Å². The second-order valence-electron chi connectivity index (χ2n) is 6.56. The molecule has 0 bridgehead atoms. The van der Waals surface area contributed by atoms with E-state index in [9.17, 15) is 9.59 Å². The van der Waals surface area contributed by atoms with Gasteiger partial charge in [-0.15, -0.1) is 22.7 Å². The van der Waals surface area contributed by atoms with Gasteiger partial charge in [-0.25, -0.2) is 9.78 Å². The number of thiophene rings is 1. The Hall–Kier alpha value is -1.99. The van der Waals surface area contributed by atoms with Crippen molar-refractivity contribution in [2.45, 2.75) is 39.7 Å². The number of rotatable bonds is 3. The molecule has 0 spiro atoms. The molecule has 0 saturated carbocycles. The minimum Gasteiger partial charge on any atom is -0.455 e. The van der Waals surface area contributed by atoms with Crippen LogP contribution in [0.25, 0.3) is 4.96 Å². The van der Waals surface area contributed by atoms with Crippen LogP contribution >= 0.6 is 22.7 Å². The highest BCUT2D eigenvalue weighted by atomic mass is 32.1. The van der Waals surface area contributed by atoms with Gasteiger partial charge in [-0.1, -0.05) is 6.92 Å². The van der Waals surface area contributed by atoms with Crippen molar-refractivity contribution in [1.82, 2.24) is 9.38 Å². The van der Waals surface area contributed by atoms with Gasteiger partial charge in [0.15, 0.2) is 4.96 Å². The molecule has 0 saturated heterocycles. The minimum atomic E-state index is -0.337. The number of esters is 1. The number of aryl methyl sites for hydroxylation is 2. The Morgan fingerprint density at radius 3 is 3.12 bits per heavy atom. The van der Waals surface area contributed by atoms with Crippen LogP contribution < -0.4 is 5.56 Å². The predicted octanol–water partition coefficient (Wildman–Crippen LogP) is 3.61. The van der Waals surface area contributed by atoms with Gasteiger partial charge in [0.2, 0.25) is 0 Å². The number of hydrogen-bond acceptors (Lipinski definition) is 6. The Morgan fingerprint density at radius 2 is 2.28 bits per heavy atom. The van der Waals surface area contributed by atoms with Crippen LogP contribution in [0.4, 0.5) is 0 Å². The normalized spacial score (nSPS) is 16.8. The van der Waals surface area contributed by atoms with Crippen molar-refractivity contribution in [3.8, 4) is 0 Å². The number of nitrogens with zero attached hydrogens (tertiary/aromatic N) is 2. The molecule has 1 aliphatic carbocycles. The van der Waals surface area contributed by atoms with E-state index in [-0.39, 0.29) is 18.1 Å². The first-order valence-corrected chi connectivity index (χ1v) is 9.96. The highest BCUT2D eigenvalue weighted by Crippen LogP contribution is 2.32. The first-order chi connectivity index (χ1) is 12.0. The van der Waals surface area contributed by atoms with Crippen molar-refractivity contribution >= 4 is 33.6 Å². The molecule has 0 amide bonds. The standard InChI is InChI=1S/C18H18N2O3S2/c1-10-3-4-14-12(5-10)6-15(25-14)17(22)23-8-13-7-16(21)20-11(2)9-24-18(20)19-13/h6-7,9-10H,3-5,8H2,1-2H3. The third-order valence-corrected chi connectivity index (χ3v) is 6.67. The van der Waals surface area contributed by atoms with Crippen molar-refractivity contribution in [3.05, 3.63) is 54.6 Å². The maximum absolute atomic E-state index is 12.3. The molecule has 3 heterocycles. The molecule has 1 unspecified atom stereocenters. The Balaban J connectivity index is 1.50. The number of fused-ring (bicyclic) bond motifs is 2. The zero-order valence-corrected chi connectivity index (χ0v) is 15.7. The first kappa shape index (κ1) is 16.5. The zero-order chi connectivity index (χ0) is 17.6. The summed E-state index contributed by atoms with van der Waals surface area (Å²) in [6.07, 6.45) is 3.25. The van der Waals surface area contributed by atoms with Gasteiger partial charge in [0, 0.05) is 22.0 Å². The van der Waals surface area contributed by atoms with E-state index in [2.05, 4.69) is 11.9 Å². The van der Waals surface area contributed by atoms with E-state index < -0.39 is 0 Å². The molecule has 130 valence electrons. The monoisotopic (exact) mass is 374 g/mol. The van der Waals surface area contributed by atoms with E-state index in [0.29, 0.717) is 21.4 Å². The fourth-order valence-electron chi connectivity index (χ4n) is 3.19. The second-order valence-corrected chi connectivity index (χ2v) is 8.54. The van der Waals surface area contributed by atoms with Gasteiger partial charge in [0.25, 0.3) is 5.56 Å². The molecule has 0 radical (unpaired) electrons. The highest BCUT2D eigenvalue weighted by Gasteiger charge is 2.21. The Morgan fingerprint density at radius 1 is 1.44 bits per heavy atom. The number of hydrogen-bond donors (Lipinski definition) is 0. The van der Waals surface area contributed by atoms with Crippen LogP contribution in [-0.2, 0) is 24.2 Å². The lowest BCUT2D eigenvalue weighted by Gasteiger charge is -2.16. The predicted molar refractivity (Wildman–Crippen MR) is 98.7 cm³/mol. The first-order valence-electron chi connectivity index (χ1n) is 8.27. The molecular weight excluding hydrogens is 356 g/mol. The Labute approximate surface area is 152 Å². The Bertz CT molecular complexity index is 1020. The lowest BCUT2D eigenvalue weighted by molar-refractivity contribution is 0.0473. The minimum absolute atomic E-state index is 0.0144. The molecule has 0 aromatic carbocycles. The molecule has 1 aliphatic rings. The van der Waals surface area contributed by atoms with Gasteiger partial charge in [-0.3, -0.25) is 9.20 Å². The summed E-state index contributed by atoms with van der Waals surface area (Å²) in [5.41, 5.74) is 2.48. The SMILES string of the molecule is Cc1csc2nc(COC(=O)c3cc4c(s3)CCC(C)C4)cc(=O)n12. The van der Waals surface area contributed by atoms with Gasteiger partial charge in [-0.05, 0) is 43.7 Å². The fraction of sp³-hybridized carbons (Fsp3) is 0.389. The molecule has 7 heteroatoms. The summed E-state index contributed by atoms with van der Waals surface area (Å²) < 4.78 is 6.95. The summed E-state index contributed by atoms with van der Waals surface area (Å²) >= 11 is 2.94. The van der Waals surface area contributed by atoms with Crippen LogP contribution in [-0.4, -0.2) is 15.4 Å². The van der Waals surface area contributed by atoms with Crippen molar-refractivity contribution in [3.63, 3.8) is 0 Å². The van der Waals surface area contributed by atoms with Gasteiger partial charge in [0.1, 0.15) is 11.5 Å².